The summed E-state index contributed by atoms with van der Waals surface area (Å²) in [5, 5.41) is 2.65. The molecule has 0 aromatic heterocycles. The van der Waals surface area contributed by atoms with E-state index in [1.54, 1.807) is 37.8 Å². The highest BCUT2D eigenvalue weighted by Crippen LogP contribution is 2.16. The molecular weight excluding hydrogens is 346 g/mol. The average molecular weight is 380 g/mol. The molecule has 1 aliphatic rings. The molecule has 0 spiro atoms. The second-order valence-corrected chi connectivity index (χ2v) is 7.75. The van der Waals surface area contributed by atoms with Crippen LogP contribution in [0.5, 0.6) is 0 Å². The molecule has 0 bridgehead atoms. The Morgan fingerprint density at radius 1 is 1.26 bits per heavy atom. The number of nitrogens with zero attached hydrogens (tertiary/aromatic N) is 1. The smallest absolute Gasteiger partial charge is 0.408 e. The zero-order valence-electron chi connectivity index (χ0n) is 17.3. The molecule has 0 unspecified atom stereocenters. The van der Waals surface area contributed by atoms with E-state index in [2.05, 4.69) is 11.9 Å². The summed E-state index contributed by atoms with van der Waals surface area (Å²) in [4.78, 5) is 26.8. The van der Waals surface area contributed by atoms with Gasteiger partial charge < -0.3 is 25.4 Å². The second-order valence-electron chi connectivity index (χ2n) is 7.75. The first kappa shape index (κ1) is 22.8. The van der Waals surface area contributed by atoms with Crippen molar-refractivity contribution in [3.05, 3.63) is 35.6 Å². The van der Waals surface area contributed by atoms with Crippen molar-refractivity contribution in [1.29, 1.82) is 0 Å². The van der Waals surface area contributed by atoms with E-state index in [0.29, 0.717) is 18.8 Å². The number of alkyl carbamates (subject to hydrolysis) is 1. The fourth-order valence-corrected chi connectivity index (χ4v) is 2.97. The third-order valence-corrected chi connectivity index (χ3v) is 3.87. The topological polar surface area (TPSA) is 93.9 Å². The first-order valence-corrected chi connectivity index (χ1v) is 9.10. The van der Waals surface area contributed by atoms with Gasteiger partial charge in [0, 0.05) is 18.8 Å². The van der Waals surface area contributed by atoms with Gasteiger partial charge in [-0.1, -0.05) is 18.2 Å². The lowest BCUT2D eigenvalue weighted by Crippen LogP contribution is -2.60. The van der Waals surface area contributed by atoms with E-state index in [1.165, 1.54) is 0 Å². The van der Waals surface area contributed by atoms with Crippen molar-refractivity contribution in [2.75, 3.05) is 19.7 Å². The van der Waals surface area contributed by atoms with E-state index in [9.17, 15) is 9.59 Å². The minimum absolute atomic E-state index is 0.0309. The molecule has 3 N–H and O–H groups in total. The minimum Gasteiger partial charge on any atom is -0.445 e. The molecule has 7 nitrogen and oxygen atoms in total. The summed E-state index contributed by atoms with van der Waals surface area (Å²) in [6, 6.07) is 0. The quantitative estimate of drug-likeness (QED) is 0.692. The number of carbonyl (C=O) groups is 2. The van der Waals surface area contributed by atoms with Crippen LogP contribution < -0.4 is 11.1 Å². The number of carbonyl (C=O) groups excluding carboxylic acids is 2. The Hall–Kier alpha value is -2.28. The number of allylic oxidation sites excluding steroid dienone is 3. The van der Waals surface area contributed by atoms with Crippen molar-refractivity contribution in [3.8, 4) is 0 Å². The van der Waals surface area contributed by atoms with Crippen LogP contribution in [-0.4, -0.2) is 54.3 Å². The van der Waals surface area contributed by atoms with Gasteiger partial charge in [0.1, 0.15) is 12.1 Å². The number of morpholine rings is 1. The van der Waals surface area contributed by atoms with E-state index in [-0.39, 0.29) is 24.7 Å². The fourth-order valence-electron chi connectivity index (χ4n) is 2.97. The SMILES string of the molecule is C=C(C)/C=C(\C=C(\C)N)COC(=O)NC(C)(C)C(=O)N1C[C@@H](C)O[C@@H](C)C1. The van der Waals surface area contributed by atoms with Crippen LogP contribution in [0, 0.1) is 0 Å². The van der Waals surface area contributed by atoms with E-state index >= 15 is 0 Å². The number of rotatable bonds is 6. The van der Waals surface area contributed by atoms with Crippen molar-refractivity contribution in [1.82, 2.24) is 10.2 Å². The molecule has 0 aliphatic carbocycles. The van der Waals surface area contributed by atoms with E-state index in [1.807, 2.05) is 20.8 Å². The lowest BCUT2D eigenvalue weighted by atomic mass is 10.0. The Kier molecular flexibility index (Phi) is 8.09. The number of nitrogens with one attached hydrogen (secondary N) is 1. The molecule has 1 saturated heterocycles. The number of amides is 2. The molecule has 152 valence electrons. The lowest BCUT2D eigenvalue weighted by molar-refractivity contribution is -0.148. The monoisotopic (exact) mass is 379 g/mol. The van der Waals surface area contributed by atoms with Gasteiger partial charge in [-0.15, -0.1) is 0 Å². The summed E-state index contributed by atoms with van der Waals surface area (Å²) in [6.45, 7) is 15.6. The van der Waals surface area contributed by atoms with Crippen LogP contribution in [0.3, 0.4) is 0 Å². The van der Waals surface area contributed by atoms with Gasteiger partial charge in [0.15, 0.2) is 0 Å². The Morgan fingerprint density at radius 3 is 2.30 bits per heavy atom. The molecule has 2 atom stereocenters. The molecule has 1 aliphatic heterocycles. The van der Waals surface area contributed by atoms with Gasteiger partial charge in [0.2, 0.25) is 5.91 Å². The number of hydrogen-bond donors (Lipinski definition) is 2. The average Bonchev–Trinajstić information content (AvgIpc) is 2.49. The molecule has 0 saturated carbocycles. The van der Waals surface area contributed by atoms with Crippen molar-refractivity contribution >= 4 is 12.0 Å². The minimum atomic E-state index is -1.09. The van der Waals surface area contributed by atoms with Gasteiger partial charge in [0.05, 0.1) is 12.2 Å². The van der Waals surface area contributed by atoms with Crippen molar-refractivity contribution in [2.45, 2.75) is 59.3 Å². The predicted octanol–water partition coefficient (Wildman–Crippen LogP) is 2.49. The molecular formula is C20H33N3O4. The Bertz CT molecular complexity index is 623. The summed E-state index contributed by atoms with van der Waals surface area (Å²) in [5.41, 5.74) is 6.74. The van der Waals surface area contributed by atoms with Crippen LogP contribution in [0.25, 0.3) is 0 Å². The molecule has 1 fully saturated rings. The first-order chi connectivity index (χ1) is 12.4. The molecule has 0 aromatic carbocycles. The number of nitrogens with two attached hydrogens (primary N) is 1. The van der Waals surface area contributed by atoms with Crippen molar-refractivity contribution < 1.29 is 19.1 Å². The van der Waals surface area contributed by atoms with Gasteiger partial charge >= 0.3 is 6.09 Å². The standard InChI is InChI=1S/C20H33N3O4/c1-13(2)8-17(9-14(3)21)12-26-19(25)22-20(6,7)18(24)23-10-15(4)27-16(5)11-23/h8-9,15-16H,1,10-12,21H2,2-7H3,(H,22,25)/b14-9-,17-8+/t15-,16+. The van der Waals surface area contributed by atoms with Crippen LogP contribution in [0.4, 0.5) is 4.79 Å². The summed E-state index contributed by atoms with van der Waals surface area (Å²) in [7, 11) is 0. The summed E-state index contributed by atoms with van der Waals surface area (Å²) in [5.74, 6) is -0.170. The zero-order valence-corrected chi connectivity index (χ0v) is 17.3. The highest BCUT2D eigenvalue weighted by atomic mass is 16.5. The second kappa shape index (κ2) is 9.60. The maximum Gasteiger partial charge on any atom is 0.408 e. The van der Waals surface area contributed by atoms with Crippen LogP contribution in [0.2, 0.25) is 0 Å². The number of hydrogen-bond acceptors (Lipinski definition) is 5. The van der Waals surface area contributed by atoms with Gasteiger partial charge in [-0.2, -0.15) is 0 Å². The van der Waals surface area contributed by atoms with Gasteiger partial charge in [0.25, 0.3) is 0 Å². The molecule has 2 amide bonds. The van der Waals surface area contributed by atoms with E-state index < -0.39 is 11.6 Å². The third-order valence-electron chi connectivity index (χ3n) is 3.87. The van der Waals surface area contributed by atoms with Gasteiger partial charge in [-0.25, -0.2) is 4.79 Å². The van der Waals surface area contributed by atoms with Crippen LogP contribution in [-0.2, 0) is 14.3 Å². The largest absolute Gasteiger partial charge is 0.445 e. The highest BCUT2D eigenvalue weighted by Gasteiger charge is 2.37. The normalized spacial score (nSPS) is 21.6. The van der Waals surface area contributed by atoms with Crippen molar-refractivity contribution in [3.63, 3.8) is 0 Å². The molecule has 0 aromatic rings. The Morgan fingerprint density at radius 2 is 1.81 bits per heavy atom. The van der Waals surface area contributed by atoms with E-state index in [0.717, 1.165) is 11.1 Å². The molecule has 1 rings (SSSR count). The summed E-state index contributed by atoms with van der Waals surface area (Å²) in [6.07, 6.45) is 2.76. The molecule has 7 heteroatoms. The van der Waals surface area contributed by atoms with Gasteiger partial charge in [-0.05, 0) is 53.2 Å². The predicted molar refractivity (Wildman–Crippen MR) is 106 cm³/mol. The van der Waals surface area contributed by atoms with Crippen LogP contribution >= 0.6 is 0 Å². The molecule has 0 radical (unpaired) electrons. The Labute approximate surface area is 162 Å². The van der Waals surface area contributed by atoms with Gasteiger partial charge in [-0.3, -0.25) is 4.79 Å². The maximum atomic E-state index is 12.8. The summed E-state index contributed by atoms with van der Waals surface area (Å²) >= 11 is 0. The van der Waals surface area contributed by atoms with Crippen molar-refractivity contribution in [2.24, 2.45) is 5.73 Å². The lowest BCUT2D eigenvalue weighted by Gasteiger charge is -2.39. The van der Waals surface area contributed by atoms with Crippen LogP contribution in [0.15, 0.2) is 35.6 Å². The Balaban J connectivity index is 2.69. The van der Waals surface area contributed by atoms with Crippen LogP contribution in [0.1, 0.15) is 41.5 Å². The molecule has 27 heavy (non-hydrogen) atoms. The van der Waals surface area contributed by atoms with E-state index in [4.69, 9.17) is 15.2 Å². The maximum absolute atomic E-state index is 12.8. The number of ether oxygens (including phenoxy) is 2. The highest BCUT2D eigenvalue weighted by molar-refractivity contribution is 5.89. The third kappa shape index (κ3) is 7.86. The zero-order chi connectivity index (χ0) is 20.8. The summed E-state index contributed by atoms with van der Waals surface area (Å²) < 4.78 is 10.9. The molecule has 1 heterocycles. The first-order valence-electron chi connectivity index (χ1n) is 9.10. The fraction of sp³-hybridized carbons (Fsp3) is 0.600.